The molecular weight excluding hydrogens is 244 g/mol. The highest BCUT2D eigenvalue weighted by molar-refractivity contribution is 5.89. The Labute approximate surface area is 110 Å². The second kappa shape index (κ2) is 4.59. The van der Waals surface area contributed by atoms with E-state index in [9.17, 15) is 4.79 Å². The number of esters is 1. The van der Waals surface area contributed by atoms with Crippen molar-refractivity contribution in [3.8, 4) is 5.75 Å². The molecular formula is C14H16N2O3. The molecule has 1 atom stereocenters. The van der Waals surface area contributed by atoms with Crippen molar-refractivity contribution in [2.24, 2.45) is 0 Å². The summed E-state index contributed by atoms with van der Waals surface area (Å²) in [6.45, 7) is 0.761. The smallest absolute Gasteiger partial charge is 0.329 e. The first-order valence-corrected chi connectivity index (χ1v) is 6.24. The molecule has 0 saturated heterocycles. The van der Waals surface area contributed by atoms with Crippen LogP contribution >= 0.6 is 0 Å². The number of carbonyl (C=O) groups excluding carboxylic acids is 1. The zero-order chi connectivity index (χ0) is 13.4. The minimum Gasteiger partial charge on any atom is -0.497 e. The van der Waals surface area contributed by atoms with Gasteiger partial charge in [0.1, 0.15) is 11.8 Å². The molecule has 1 unspecified atom stereocenters. The molecule has 5 nitrogen and oxygen atoms in total. The second-order valence-corrected chi connectivity index (χ2v) is 4.59. The minimum absolute atomic E-state index is 0.264. The van der Waals surface area contributed by atoms with E-state index in [1.54, 1.807) is 7.11 Å². The van der Waals surface area contributed by atoms with E-state index in [0.29, 0.717) is 0 Å². The summed E-state index contributed by atoms with van der Waals surface area (Å²) in [7, 11) is 3.06. The van der Waals surface area contributed by atoms with Gasteiger partial charge in [-0.25, -0.2) is 4.79 Å². The van der Waals surface area contributed by atoms with Crippen molar-refractivity contribution in [1.29, 1.82) is 0 Å². The third-order valence-corrected chi connectivity index (χ3v) is 3.60. The fraction of sp³-hybridized carbons (Fsp3) is 0.357. The van der Waals surface area contributed by atoms with E-state index in [1.165, 1.54) is 12.7 Å². The van der Waals surface area contributed by atoms with Crippen molar-refractivity contribution in [3.63, 3.8) is 0 Å². The van der Waals surface area contributed by atoms with Crippen LogP contribution in [0.2, 0.25) is 0 Å². The van der Waals surface area contributed by atoms with Gasteiger partial charge in [-0.1, -0.05) is 0 Å². The Morgan fingerprint density at radius 2 is 2.21 bits per heavy atom. The third-order valence-electron chi connectivity index (χ3n) is 3.60. The lowest BCUT2D eigenvalue weighted by molar-refractivity contribution is -0.143. The quantitative estimate of drug-likeness (QED) is 0.804. The van der Waals surface area contributed by atoms with E-state index in [-0.39, 0.29) is 5.97 Å². The van der Waals surface area contributed by atoms with Crippen molar-refractivity contribution in [2.75, 3.05) is 20.8 Å². The highest BCUT2D eigenvalue weighted by Crippen LogP contribution is 2.32. The number of hydrogen-bond acceptors (Lipinski definition) is 4. The minimum atomic E-state index is -0.410. The molecule has 1 aromatic heterocycles. The first kappa shape index (κ1) is 12.0. The average molecular weight is 260 g/mol. The number of aromatic amines is 1. The molecule has 100 valence electrons. The molecule has 3 rings (SSSR count). The normalized spacial score (nSPS) is 18.1. The molecule has 0 spiro atoms. The van der Waals surface area contributed by atoms with Gasteiger partial charge in [-0.15, -0.1) is 0 Å². The largest absolute Gasteiger partial charge is 0.497 e. The lowest BCUT2D eigenvalue weighted by Gasteiger charge is -2.22. The predicted octanol–water partition coefficient (Wildman–Crippen LogP) is 1.54. The summed E-state index contributed by atoms with van der Waals surface area (Å²) in [5, 5.41) is 4.29. The lowest BCUT2D eigenvalue weighted by Crippen LogP contribution is -2.35. The van der Waals surface area contributed by atoms with E-state index < -0.39 is 6.04 Å². The molecule has 1 aliphatic heterocycles. The number of fused-ring (bicyclic) bond motifs is 3. The van der Waals surface area contributed by atoms with E-state index in [0.717, 1.165) is 35.3 Å². The number of benzene rings is 1. The first-order chi connectivity index (χ1) is 9.24. The molecule has 1 aliphatic rings. The standard InChI is InChI=1S/C14H16N2O3/c1-18-8-3-4-11-10(7-8)9-5-6-15-13(12(9)16-11)14(17)19-2/h3-4,7,13,15-16H,5-6H2,1-2H3. The van der Waals surface area contributed by atoms with Crippen LogP contribution in [0.25, 0.3) is 10.9 Å². The number of ether oxygens (including phenoxy) is 2. The Kier molecular flexibility index (Phi) is 2.91. The van der Waals surface area contributed by atoms with Crippen LogP contribution in [0.4, 0.5) is 0 Å². The number of nitrogens with one attached hydrogen (secondary N) is 2. The van der Waals surface area contributed by atoms with Crippen LogP contribution in [-0.4, -0.2) is 31.7 Å². The Bertz CT molecular complexity index is 633. The van der Waals surface area contributed by atoms with Crippen LogP contribution in [-0.2, 0) is 16.0 Å². The summed E-state index contributed by atoms with van der Waals surface area (Å²) in [5.74, 6) is 0.557. The summed E-state index contributed by atoms with van der Waals surface area (Å²) < 4.78 is 10.1. The highest BCUT2D eigenvalue weighted by Gasteiger charge is 2.29. The first-order valence-electron chi connectivity index (χ1n) is 6.24. The van der Waals surface area contributed by atoms with Crippen LogP contribution in [0.1, 0.15) is 17.3 Å². The number of aromatic nitrogens is 1. The van der Waals surface area contributed by atoms with Crippen LogP contribution in [0.15, 0.2) is 18.2 Å². The number of carbonyl (C=O) groups is 1. The van der Waals surface area contributed by atoms with Crippen LogP contribution in [0, 0.1) is 0 Å². The number of methoxy groups -OCH3 is 2. The number of hydrogen-bond donors (Lipinski definition) is 2. The van der Waals surface area contributed by atoms with Gasteiger partial charge in [0.05, 0.1) is 14.2 Å². The number of rotatable bonds is 2. The van der Waals surface area contributed by atoms with E-state index in [1.807, 2.05) is 18.2 Å². The van der Waals surface area contributed by atoms with Gasteiger partial charge in [-0.05, 0) is 30.2 Å². The topological polar surface area (TPSA) is 63.3 Å². The molecule has 5 heteroatoms. The maximum absolute atomic E-state index is 11.8. The molecule has 2 N–H and O–H groups in total. The van der Waals surface area contributed by atoms with Crippen LogP contribution in [0.3, 0.4) is 0 Å². The average Bonchev–Trinajstić information content (AvgIpc) is 2.83. The van der Waals surface area contributed by atoms with Crippen molar-refractivity contribution >= 4 is 16.9 Å². The second-order valence-electron chi connectivity index (χ2n) is 4.59. The maximum Gasteiger partial charge on any atom is 0.329 e. The molecule has 0 aliphatic carbocycles. The number of H-pyrrole nitrogens is 1. The molecule has 19 heavy (non-hydrogen) atoms. The Morgan fingerprint density at radius 1 is 1.37 bits per heavy atom. The molecule has 2 aromatic rings. The van der Waals surface area contributed by atoms with Crippen molar-refractivity contribution in [1.82, 2.24) is 10.3 Å². The summed E-state index contributed by atoms with van der Waals surface area (Å²) in [4.78, 5) is 15.1. The Hall–Kier alpha value is -2.01. The maximum atomic E-state index is 11.8. The molecule has 2 heterocycles. The summed E-state index contributed by atoms with van der Waals surface area (Å²) in [6.07, 6.45) is 0.885. The lowest BCUT2D eigenvalue weighted by atomic mass is 9.99. The molecule has 0 bridgehead atoms. The van der Waals surface area contributed by atoms with Crippen molar-refractivity contribution < 1.29 is 14.3 Å². The van der Waals surface area contributed by atoms with E-state index >= 15 is 0 Å². The zero-order valence-electron chi connectivity index (χ0n) is 10.9. The van der Waals surface area contributed by atoms with E-state index in [2.05, 4.69) is 10.3 Å². The molecule has 1 aromatic carbocycles. The van der Waals surface area contributed by atoms with Crippen LogP contribution in [0.5, 0.6) is 5.75 Å². The van der Waals surface area contributed by atoms with Crippen LogP contribution < -0.4 is 10.1 Å². The van der Waals surface area contributed by atoms with Gasteiger partial charge >= 0.3 is 5.97 Å². The monoisotopic (exact) mass is 260 g/mol. The molecule has 0 radical (unpaired) electrons. The molecule has 0 amide bonds. The highest BCUT2D eigenvalue weighted by atomic mass is 16.5. The Balaban J connectivity index is 2.15. The fourth-order valence-corrected chi connectivity index (χ4v) is 2.65. The summed E-state index contributed by atoms with van der Waals surface area (Å²) >= 11 is 0. The van der Waals surface area contributed by atoms with Gasteiger partial charge in [0.25, 0.3) is 0 Å². The van der Waals surface area contributed by atoms with Crippen molar-refractivity contribution in [3.05, 3.63) is 29.5 Å². The fourth-order valence-electron chi connectivity index (χ4n) is 2.65. The molecule has 0 fully saturated rings. The van der Waals surface area contributed by atoms with Gasteiger partial charge in [0, 0.05) is 23.1 Å². The Morgan fingerprint density at radius 3 is 2.95 bits per heavy atom. The predicted molar refractivity (Wildman–Crippen MR) is 71.3 cm³/mol. The third kappa shape index (κ3) is 1.86. The van der Waals surface area contributed by atoms with Gasteiger partial charge in [-0.3, -0.25) is 5.32 Å². The van der Waals surface area contributed by atoms with Gasteiger partial charge < -0.3 is 14.5 Å². The van der Waals surface area contributed by atoms with Gasteiger partial charge in [-0.2, -0.15) is 0 Å². The van der Waals surface area contributed by atoms with Gasteiger partial charge in [0.15, 0.2) is 0 Å². The SMILES string of the molecule is COC(=O)C1NCCc2c1[nH]c1ccc(OC)cc21. The van der Waals surface area contributed by atoms with E-state index in [4.69, 9.17) is 9.47 Å². The van der Waals surface area contributed by atoms with Crippen molar-refractivity contribution in [2.45, 2.75) is 12.5 Å². The van der Waals surface area contributed by atoms with Gasteiger partial charge in [0.2, 0.25) is 0 Å². The molecule has 0 saturated carbocycles. The zero-order valence-corrected chi connectivity index (χ0v) is 10.9. The summed E-state index contributed by atoms with van der Waals surface area (Å²) in [5.41, 5.74) is 3.09. The summed E-state index contributed by atoms with van der Waals surface area (Å²) in [6, 6.07) is 5.47.